The number of carbonyl (C=O) groups is 1. The Hall–Kier alpha value is -2.49. The molecular formula is C19H23NO3. The number of amides is 1. The maximum atomic E-state index is 12.2. The number of ether oxygens (including phenoxy) is 2. The molecule has 4 heteroatoms. The molecule has 1 atom stereocenters. The lowest BCUT2D eigenvalue weighted by molar-refractivity contribution is -0.127. The molecule has 0 saturated heterocycles. The van der Waals surface area contributed by atoms with E-state index in [1.807, 2.05) is 56.3 Å². The fourth-order valence-electron chi connectivity index (χ4n) is 2.25. The molecule has 4 nitrogen and oxygen atoms in total. The smallest absolute Gasteiger partial charge is 0.261 e. The minimum Gasteiger partial charge on any atom is -0.497 e. The van der Waals surface area contributed by atoms with Crippen LogP contribution in [0.2, 0.25) is 0 Å². The first-order chi connectivity index (χ1) is 11.0. The second-order valence-corrected chi connectivity index (χ2v) is 5.59. The first kappa shape index (κ1) is 16.9. The van der Waals surface area contributed by atoms with Crippen LogP contribution in [0.5, 0.6) is 11.5 Å². The summed E-state index contributed by atoms with van der Waals surface area (Å²) >= 11 is 0. The molecule has 0 radical (unpaired) electrons. The van der Waals surface area contributed by atoms with E-state index in [1.165, 1.54) is 5.56 Å². The fraction of sp³-hybridized carbons (Fsp3) is 0.316. The quantitative estimate of drug-likeness (QED) is 0.889. The van der Waals surface area contributed by atoms with Crippen molar-refractivity contribution in [2.75, 3.05) is 7.11 Å². The second-order valence-electron chi connectivity index (χ2n) is 5.59. The summed E-state index contributed by atoms with van der Waals surface area (Å²) in [5.74, 6) is 1.40. The van der Waals surface area contributed by atoms with Crippen molar-refractivity contribution in [3.8, 4) is 11.5 Å². The van der Waals surface area contributed by atoms with Crippen LogP contribution in [0, 0.1) is 13.8 Å². The minimum absolute atomic E-state index is 0.138. The largest absolute Gasteiger partial charge is 0.497 e. The molecule has 2 aromatic carbocycles. The molecule has 1 N–H and O–H groups in total. The van der Waals surface area contributed by atoms with Crippen LogP contribution in [0.1, 0.15) is 23.6 Å². The number of benzene rings is 2. The average Bonchev–Trinajstić information content (AvgIpc) is 2.55. The van der Waals surface area contributed by atoms with Crippen LogP contribution in [0.25, 0.3) is 0 Å². The number of hydrogen-bond donors (Lipinski definition) is 1. The molecule has 0 bridgehead atoms. The highest BCUT2D eigenvalue weighted by molar-refractivity contribution is 5.80. The predicted octanol–water partition coefficient (Wildman–Crippen LogP) is 3.40. The lowest BCUT2D eigenvalue weighted by Gasteiger charge is -2.16. The molecular weight excluding hydrogens is 290 g/mol. The van der Waals surface area contributed by atoms with Gasteiger partial charge in [0, 0.05) is 6.54 Å². The Kier molecular flexibility index (Phi) is 5.63. The molecule has 2 aromatic rings. The molecule has 0 saturated carbocycles. The van der Waals surface area contributed by atoms with Crippen molar-refractivity contribution in [3.63, 3.8) is 0 Å². The average molecular weight is 313 g/mol. The van der Waals surface area contributed by atoms with Crippen LogP contribution in [0.4, 0.5) is 0 Å². The van der Waals surface area contributed by atoms with Gasteiger partial charge in [-0.25, -0.2) is 0 Å². The number of aryl methyl sites for hydroxylation is 2. The van der Waals surface area contributed by atoms with Gasteiger partial charge in [-0.2, -0.15) is 0 Å². The van der Waals surface area contributed by atoms with Crippen LogP contribution in [0.3, 0.4) is 0 Å². The van der Waals surface area contributed by atoms with E-state index in [-0.39, 0.29) is 5.91 Å². The molecule has 0 aliphatic rings. The van der Waals surface area contributed by atoms with Crippen LogP contribution in [-0.2, 0) is 11.3 Å². The normalized spacial score (nSPS) is 11.7. The van der Waals surface area contributed by atoms with Gasteiger partial charge in [-0.05, 0) is 50.1 Å². The summed E-state index contributed by atoms with van der Waals surface area (Å²) in [5.41, 5.74) is 3.21. The highest BCUT2D eigenvalue weighted by atomic mass is 16.5. The van der Waals surface area contributed by atoms with Crippen molar-refractivity contribution in [2.24, 2.45) is 0 Å². The zero-order valence-corrected chi connectivity index (χ0v) is 14.1. The fourth-order valence-corrected chi connectivity index (χ4v) is 2.25. The third-order valence-electron chi connectivity index (χ3n) is 3.63. The lowest BCUT2D eigenvalue weighted by atomic mass is 10.1. The summed E-state index contributed by atoms with van der Waals surface area (Å²) in [6.07, 6.45) is -0.547. The van der Waals surface area contributed by atoms with Gasteiger partial charge in [0.25, 0.3) is 5.91 Å². The molecule has 0 unspecified atom stereocenters. The van der Waals surface area contributed by atoms with Gasteiger partial charge in [-0.15, -0.1) is 0 Å². The highest BCUT2D eigenvalue weighted by Gasteiger charge is 2.15. The van der Waals surface area contributed by atoms with Crippen molar-refractivity contribution in [2.45, 2.75) is 33.4 Å². The summed E-state index contributed by atoms with van der Waals surface area (Å²) in [6, 6.07) is 13.5. The zero-order chi connectivity index (χ0) is 16.8. The molecule has 0 aliphatic heterocycles. The monoisotopic (exact) mass is 313 g/mol. The third kappa shape index (κ3) is 4.74. The van der Waals surface area contributed by atoms with Gasteiger partial charge >= 0.3 is 0 Å². The summed E-state index contributed by atoms with van der Waals surface area (Å²) in [5, 5.41) is 2.88. The molecule has 23 heavy (non-hydrogen) atoms. The van der Waals surface area contributed by atoms with Gasteiger partial charge < -0.3 is 14.8 Å². The van der Waals surface area contributed by atoms with Gasteiger partial charge in [0.1, 0.15) is 11.5 Å². The van der Waals surface area contributed by atoms with Crippen LogP contribution >= 0.6 is 0 Å². The van der Waals surface area contributed by atoms with Gasteiger partial charge in [0.15, 0.2) is 6.10 Å². The third-order valence-corrected chi connectivity index (χ3v) is 3.63. The number of methoxy groups -OCH3 is 1. The molecule has 0 heterocycles. The Morgan fingerprint density at radius 3 is 2.43 bits per heavy atom. The van der Waals surface area contributed by atoms with Gasteiger partial charge in [0.2, 0.25) is 0 Å². The van der Waals surface area contributed by atoms with E-state index in [0.717, 1.165) is 22.6 Å². The van der Waals surface area contributed by atoms with E-state index in [9.17, 15) is 4.79 Å². The predicted molar refractivity (Wildman–Crippen MR) is 90.8 cm³/mol. The van der Waals surface area contributed by atoms with Gasteiger partial charge in [-0.1, -0.05) is 29.8 Å². The molecule has 0 fully saturated rings. The number of hydrogen-bond acceptors (Lipinski definition) is 3. The molecule has 2 rings (SSSR count). The first-order valence-corrected chi connectivity index (χ1v) is 7.64. The molecule has 1 amide bonds. The summed E-state index contributed by atoms with van der Waals surface area (Å²) in [7, 11) is 1.63. The van der Waals surface area contributed by atoms with E-state index in [1.54, 1.807) is 14.0 Å². The van der Waals surface area contributed by atoms with E-state index >= 15 is 0 Å². The van der Waals surface area contributed by atoms with Crippen LogP contribution < -0.4 is 14.8 Å². The lowest BCUT2D eigenvalue weighted by Crippen LogP contribution is -2.36. The topological polar surface area (TPSA) is 47.6 Å². The van der Waals surface area contributed by atoms with E-state index < -0.39 is 6.10 Å². The number of rotatable bonds is 6. The van der Waals surface area contributed by atoms with Crippen molar-refractivity contribution < 1.29 is 14.3 Å². The SMILES string of the molecule is COc1ccc(CNC(=O)[C@@H](C)Oc2ccc(C)cc2C)cc1. The Labute approximate surface area is 137 Å². The maximum Gasteiger partial charge on any atom is 0.261 e. The van der Waals surface area contributed by atoms with Crippen molar-refractivity contribution >= 4 is 5.91 Å². The molecule has 122 valence electrons. The van der Waals surface area contributed by atoms with Gasteiger partial charge in [-0.3, -0.25) is 4.79 Å². The Balaban J connectivity index is 1.89. The number of carbonyl (C=O) groups excluding carboxylic acids is 1. The van der Waals surface area contributed by atoms with Crippen LogP contribution in [-0.4, -0.2) is 19.1 Å². The molecule has 0 spiro atoms. The Morgan fingerprint density at radius 1 is 1.13 bits per heavy atom. The molecule has 0 aliphatic carbocycles. The van der Waals surface area contributed by atoms with Crippen molar-refractivity contribution in [3.05, 3.63) is 59.2 Å². The standard InChI is InChI=1S/C19H23NO3/c1-13-5-10-18(14(2)11-13)23-15(3)19(21)20-12-16-6-8-17(22-4)9-7-16/h5-11,15H,12H2,1-4H3,(H,20,21)/t15-/m1/s1. The van der Waals surface area contributed by atoms with Crippen LogP contribution in [0.15, 0.2) is 42.5 Å². The van der Waals surface area contributed by atoms with E-state index in [2.05, 4.69) is 5.32 Å². The summed E-state index contributed by atoms with van der Waals surface area (Å²) in [4.78, 5) is 12.2. The highest BCUT2D eigenvalue weighted by Crippen LogP contribution is 2.20. The van der Waals surface area contributed by atoms with E-state index in [0.29, 0.717) is 6.54 Å². The minimum atomic E-state index is -0.547. The maximum absolute atomic E-state index is 12.2. The Morgan fingerprint density at radius 2 is 1.83 bits per heavy atom. The summed E-state index contributed by atoms with van der Waals surface area (Å²) in [6.45, 7) is 6.22. The number of nitrogens with one attached hydrogen (secondary N) is 1. The summed E-state index contributed by atoms with van der Waals surface area (Å²) < 4.78 is 10.9. The van der Waals surface area contributed by atoms with E-state index in [4.69, 9.17) is 9.47 Å². The van der Waals surface area contributed by atoms with Crippen molar-refractivity contribution in [1.82, 2.24) is 5.32 Å². The molecule has 0 aromatic heterocycles. The Bertz CT molecular complexity index is 665. The van der Waals surface area contributed by atoms with Gasteiger partial charge in [0.05, 0.1) is 7.11 Å². The second kappa shape index (κ2) is 7.68. The first-order valence-electron chi connectivity index (χ1n) is 7.64. The zero-order valence-electron chi connectivity index (χ0n) is 14.1. The van der Waals surface area contributed by atoms with Crippen molar-refractivity contribution in [1.29, 1.82) is 0 Å².